The van der Waals surface area contributed by atoms with E-state index < -0.39 is 10.8 Å². The second kappa shape index (κ2) is 10.4. The lowest BCUT2D eigenvalue weighted by Gasteiger charge is -2.28. The third-order valence-corrected chi connectivity index (χ3v) is 7.46. The minimum Gasteiger partial charge on any atom is -0.354 e. The maximum Gasteiger partial charge on any atom is 0.225 e. The van der Waals surface area contributed by atoms with Crippen LogP contribution in [0.3, 0.4) is 0 Å². The summed E-state index contributed by atoms with van der Waals surface area (Å²) in [5.41, 5.74) is 2.77. The van der Waals surface area contributed by atoms with E-state index in [1.807, 2.05) is 18.2 Å². The molecule has 7 nitrogen and oxygen atoms in total. The number of benzene rings is 1. The van der Waals surface area contributed by atoms with Gasteiger partial charge in [0.25, 0.3) is 0 Å². The number of aromatic nitrogens is 4. The van der Waals surface area contributed by atoms with Gasteiger partial charge in [-0.05, 0) is 17.9 Å². The van der Waals surface area contributed by atoms with Gasteiger partial charge in [0.2, 0.25) is 5.95 Å². The first-order valence-electron chi connectivity index (χ1n) is 10.6. The van der Waals surface area contributed by atoms with E-state index in [1.165, 1.54) is 5.56 Å². The molecule has 31 heavy (non-hydrogen) atoms. The Morgan fingerprint density at radius 3 is 2.61 bits per heavy atom. The van der Waals surface area contributed by atoms with E-state index in [1.54, 1.807) is 18.1 Å². The fraction of sp³-hybridized carbons (Fsp3) is 0.455. The van der Waals surface area contributed by atoms with E-state index in [2.05, 4.69) is 46.2 Å². The van der Waals surface area contributed by atoms with E-state index in [4.69, 9.17) is 9.97 Å². The lowest BCUT2D eigenvalue weighted by Crippen LogP contribution is -2.38. The highest BCUT2D eigenvalue weighted by atomic mass is 32.2. The summed E-state index contributed by atoms with van der Waals surface area (Å²) in [4.78, 5) is 20.9. The maximum absolute atomic E-state index is 11.9. The van der Waals surface area contributed by atoms with Gasteiger partial charge in [-0.25, -0.2) is 15.0 Å². The average molecular weight is 457 g/mol. The molecular formula is C22H28N6OS2. The smallest absolute Gasteiger partial charge is 0.225 e. The van der Waals surface area contributed by atoms with Crippen LogP contribution in [0.1, 0.15) is 25.8 Å². The second-order valence-electron chi connectivity index (χ2n) is 7.97. The summed E-state index contributed by atoms with van der Waals surface area (Å²) in [5, 5.41) is 4.24. The normalized spacial score (nSPS) is 15.0. The molecule has 0 bridgehead atoms. The molecule has 164 valence electrons. The Labute approximate surface area is 189 Å². The highest BCUT2D eigenvalue weighted by Crippen LogP contribution is 2.31. The summed E-state index contributed by atoms with van der Waals surface area (Å²) in [7, 11) is -0.750. The Morgan fingerprint density at radius 2 is 1.87 bits per heavy atom. The highest BCUT2D eigenvalue weighted by molar-refractivity contribution is 7.98. The van der Waals surface area contributed by atoms with E-state index in [0.29, 0.717) is 36.5 Å². The lowest BCUT2D eigenvalue weighted by molar-refractivity contribution is 0.606. The van der Waals surface area contributed by atoms with Crippen molar-refractivity contribution in [1.29, 1.82) is 0 Å². The van der Waals surface area contributed by atoms with Crippen LogP contribution in [-0.4, -0.2) is 55.3 Å². The number of thioether (sulfide) groups is 1. The molecule has 0 radical (unpaired) electrons. The van der Waals surface area contributed by atoms with Crippen LogP contribution < -0.4 is 10.2 Å². The van der Waals surface area contributed by atoms with Gasteiger partial charge in [0.05, 0.1) is 0 Å². The Kier molecular flexibility index (Phi) is 7.34. The van der Waals surface area contributed by atoms with Crippen molar-refractivity contribution in [2.45, 2.75) is 31.0 Å². The number of fused-ring (bicyclic) bond motifs is 1. The van der Waals surface area contributed by atoms with Gasteiger partial charge in [-0.15, -0.1) is 0 Å². The van der Waals surface area contributed by atoms with Gasteiger partial charge in [0.1, 0.15) is 22.4 Å². The summed E-state index contributed by atoms with van der Waals surface area (Å²) in [6, 6.07) is 10.3. The van der Waals surface area contributed by atoms with Crippen molar-refractivity contribution in [3.63, 3.8) is 0 Å². The van der Waals surface area contributed by atoms with Crippen molar-refractivity contribution in [2.24, 2.45) is 5.92 Å². The van der Waals surface area contributed by atoms with E-state index in [0.717, 1.165) is 40.6 Å². The van der Waals surface area contributed by atoms with Crippen molar-refractivity contribution in [2.75, 3.05) is 41.4 Å². The first-order valence-corrected chi connectivity index (χ1v) is 13.1. The molecule has 1 fully saturated rings. The molecule has 2 aromatic heterocycles. The van der Waals surface area contributed by atoms with Crippen LogP contribution in [0, 0.1) is 5.92 Å². The Balaban J connectivity index is 1.67. The summed E-state index contributed by atoms with van der Waals surface area (Å²) in [5.74, 6) is 4.13. The van der Waals surface area contributed by atoms with Crippen LogP contribution in [0.2, 0.25) is 0 Å². The van der Waals surface area contributed by atoms with Crippen LogP contribution in [-0.2, 0) is 16.6 Å². The summed E-state index contributed by atoms with van der Waals surface area (Å²) in [6.45, 7) is 6.64. The largest absolute Gasteiger partial charge is 0.354 e. The zero-order valence-corrected chi connectivity index (χ0v) is 19.6. The van der Waals surface area contributed by atoms with Crippen molar-refractivity contribution >= 4 is 45.4 Å². The number of nitrogens with zero attached hydrogens (tertiary/aromatic N) is 5. The number of anilines is 2. The molecule has 1 aliphatic rings. The molecule has 0 aliphatic carbocycles. The monoisotopic (exact) mass is 456 g/mol. The molecule has 0 spiro atoms. The second-order valence-corrected chi connectivity index (χ2v) is 10.6. The van der Waals surface area contributed by atoms with Gasteiger partial charge in [-0.2, -0.15) is 4.98 Å². The molecule has 1 aliphatic heterocycles. The lowest BCUT2D eigenvalue weighted by atomic mass is 10.1. The molecular weight excluding hydrogens is 428 g/mol. The first-order chi connectivity index (χ1) is 15.1. The molecule has 0 atom stereocenters. The van der Waals surface area contributed by atoms with Crippen LogP contribution in [0.25, 0.3) is 11.0 Å². The minimum absolute atomic E-state index is 0.602. The zero-order valence-electron chi connectivity index (χ0n) is 18.0. The SMILES string of the molecule is CC(C)CCNc1nc(N2CCS(=O)CC2)c2ncnc(SCc3ccccc3)c2n1. The van der Waals surface area contributed by atoms with Crippen molar-refractivity contribution in [1.82, 2.24) is 19.9 Å². The van der Waals surface area contributed by atoms with Gasteiger partial charge < -0.3 is 10.2 Å². The van der Waals surface area contributed by atoms with Crippen LogP contribution in [0.4, 0.5) is 11.8 Å². The van der Waals surface area contributed by atoms with Gasteiger partial charge in [0.15, 0.2) is 5.82 Å². The fourth-order valence-electron chi connectivity index (χ4n) is 3.36. The third-order valence-electron chi connectivity index (χ3n) is 5.13. The van der Waals surface area contributed by atoms with Crippen LogP contribution in [0.15, 0.2) is 41.7 Å². The van der Waals surface area contributed by atoms with E-state index in [-0.39, 0.29) is 0 Å². The standard InChI is InChI=1S/C22H28N6OS2/c1-16(2)8-9-23-22-26-19-18(20(27-22)28-10-12-31(29)13-11-28)24-15-25-21(19)30-14-17-6-4-3-5-7-17/h3-7,15-16H,8-14H2,1-2H3,(H,23,26,27). The molecule has 3 aromatic rings. The molecule has 0 unspecified atom stereocenters. The quantitative estimate of drug-likeness (QED) is 0.405. The van der Waals surface area contributed by atoms with E-state index in [9.17, 15) is 4.21 Å². The minimum atomic E-state index is -0.750. The van der Waals surface area contributed by atoms with Crippen molar-refractivity contribution in [3.05, 3.63) is 42.2 Å². The number of hydrogen-bond acceptors (Lipinski definition) is 8. The van der Waals surface area contributed by atoms with Gasteiger partial charge in [-0.3, -0.25) is 4.21 Å². The molecule has 1 aromatic carbocycles. The highest BCUT2D eigenvalue weighted by Gasteiger charge is 2.22. The molecule has 9 heteroatoms. The Bertz CT molecular complexity index is 1040. The fourth-order valence-corrected chi connectivity index (χ4v) is 5.31. The Hall–Kier alpha value is -2.26. The molecule has 4 rings (SSSR count). The summed E-state index contributed by atoms with van der Waals surface area (Å²) in [6.07, 6.45) is 2.64. The zero-order chi connectivity index (χ0) is 21.6. The molecule has 1 N–H and O–H groups in total. The third kappa shape index (κ3) is 5.71. The topological polar surface area (TPSA) is 83.9 Å². The summed E-state index contributed by atoms with van der Waals surface area (Å²) >= 11 is 1.66. The van der Waals surface area contributed by atoms with Gasteiger partial charge in [0, 0.05) is 47.7 Å². The van der Waals surface area contributed by atoms with Crippen molar-refractivity contribution < 1.29 is 4.21 Å². The first kappa shape index (κ1) is 22.0. The Morgan fingerprint density at radius 1 is 1.10 bits per heavy atom. The van der Waals surface area contributed by atoms with Gasteiger partial charge in [-0.1, -0.05) is 55.9 Å². The maximum atomic E-state index is 11.9. The number of hydrogen-bond donors (Lipinski definition) is 1. The van der Waals surface area contributed by atoms with Crippen LogP contribution >= 0.6 is 11.8 Å². The van der Waals surface area contributed by atoms with E-state index >= 15 is 0 Å². The molecule has 0 amide bonds. The predicted molar refractivity (Wildman–Crippen MR) is 129 cm³/mol. The predicted octanol–water partition coefficient (Wildman–Crippen LogP) is 3.74. The molecule has 3 heterocycles. The number of nitrogens with one attached hydrogen (secondary N) is 1. The molecule has 0 saturated carbocycles. The summed E-state index contributed by atoms with van der Waals surface area (Å²) < 4.78 is 11.9. The van der Waals surface area contributed by atoms with Crippen LogP contribution in [0.5, 0.6) is 0 Å². The molecule has 1 saturated heterocycles. The van der Waals surface area contributed by atoms with Crippen molar-refractivity contribution in [3.8, 4) is 0 Å². The average Bonchev–Trinajstić information content (AvgIpc) is 2.78. The number of rotatable bonds is 8. The van der Waals surface area contributed by atoms with Gasteiger partial charge >= 0.3 is 0 Å².